The standard InChI is InChI=1S/C13H13F2N3O3S.C13H15F2N3OS.C12H10F3N3O3/c1-22-11-8(2-6(18(19)20)3-9(11)15)13(5-14)7-4-10(7)21-12(16)17-13;1-20-11-8(2-6(16)3-9(11)15)13(5-14)7-4-10(7)19-12(17)18-13;13-4-12(6-3-9(6)21-11(16)17-12)7-1-5(18(19)20)2-8(14)10(7)15/h2-3,7,10H,4-5H2,1H3,(H2,16,17);2-3,7,10H,4-5,16H2,1H3,(H2,17,18);1-2,6,9H,3-4H2,(H2,16,17)/t7-,10?,13-;7-,10+,13-;6-,9?,12-/m000/s1. The summed E-state index contributed by atoms with van der Waals surface area (Å²) in [6.07, 6.45) is 4.09. The van der Waals surface area contributed by atoms with E-state index in [2.05, 4.69) is 15.0 Å². The first-order valence-electron chi connectivity index (χ1n) is 18.9. The van der Waals surface area contributed by atoms with Gasteiger partial charge in [-0.1, -0.05) is 0 Å². The lowest BCUT2D eigenvalue weighted by atomic mass is 9.85. The molecule has 25 heteroatoms. The van der Waals surface area contributed by atoms with E-state index in [1.165, 1.54) is 23.9 Å². The number of ether oxygens (including phenoxy) is 3. The second-order valence-electron chi connectivity index (χ2n) is 15.4. The minimum absolute atomic E-state index is 0.0451. The zero-order valence-electron chi connectivity index (χ0n) is 33.0. The van der Waals surface area contributed by atoms with Gasteiger partial charge in [0.1, 0.15) is 66.6 Å². The molecule has 3 aromatic rings. The molecule has 9 atom stereocenters. The summed E-state index contributed by atoms with van der Waals surface area (Å²) in [6, 6.07) is 5.54. The van der Waals surface area contributed by atoms with Crippen LogP contribution in [-0.4, -0.2) is 78.8 Å². The molecule has 0 spiro atoms. The van der Waals surface area contributed by atoms with E-state index >= 15 is 0 Å². The molecular formula is C38H38F7N9O7S2. The van der Waals surface area contributed by atoms with Crippen molar-refractivity contribution in [2.75, 3.05) is 38.3 Å². The Balaban J connectivity index is 0.000000142. The smallest absolute Gasteiger partial charge is 0.283 e. The first-order valence-corrected chi connectivity index (χ1v) is 21.3. The van der Waals surface area contributed by atoms with Crippen LogP contribution in [0.4, 0.5) is 47.8 Å². The van der Waals surface area contributed by atoms with Crippen molar-refractivity contribution in [1.29, 1.82) is 0 Å². The van der Waals surface area contributed by atoms with Crippen LogP contribution in [0.1, 0.15) is 36.0 Å². The third kappa shape index (κ3) is 7.97. The number of thioether (sulfide) groups is 2. The monoisotopic (exact) mass is 929 g/mol. The van der Waals surface area contributed by atoms with Crippen LogP contribution in [0, 0.1) is 61.3 Å². The molecule has 0 amide bonds. The number of nitro benzene ring substituents is 2. The number of anilines is 1. The molecule has 8 N–H and O–H groups in total. The van der Waals surface area contributed by atoms with E-state index in [-0.39, 0.29) is 58.3 Å². The molecule has 63 heavy (non-hydrogen) atoms. The molecule has 3 saturated carbocycles. The first-order chi connectivity index (χ1) is 29.8. The summed E-state index contributed by atoms with van der Waals surface area (Å²) in [4.78, 5) is 32.7. The summed E-state index contributed by atoms with van der Waals surface area (Å²) in [5.41, 5.74) is 17.3. The molecule has 3 fully saturated rings. The molecular weight excluding hydrogens is 892 g/mol. The number of fused-ring (bicyclic) bond motifs is 3. The Kier molecular flexibility index (Phi) is 12.1. The van der Waals surface area contributed by atoms with Gasteiger partial charge in [-0.2, -0.15) is 0 Å². The number of nitrogens with two attached hydrogens (primary N) is 4. The van der Waals surface area contributed by atoms with Crippen LogP contribution in [0.3, 0.4) is 0 Å². The van der Waals surface area contributed by atoms with E-state index in [0.29, 0.717) is 35.8 Å². The van der Waals surface area contributed by atoms with E-state index in [4.69, 9.17) is 37.1 Å². The maximum absolute atomic E-state index is 14.2. The highest BCUT2D eigenvalue weighted by Gasteiger charge is 2.62. The molecule has 3 aliphatic carbocycles. The van der Waals surface area contributed by atoms with E-state index in [1.54, 1.807) is 18.6 Å². The summed E-state index contributed by atoms with van der Waals surface area (Å²) in [6.45, 7) is -2.84. The summed E-state index contributed by atoms with van der Waals surface area (Å²) in [7, 11) is 0. The highest BCUT2D eigenvalue weighted by Crippen LogP contribution is 2.57. The third-order valence-electron chi connectivity index (χ3n) is 11.7. The largest absolute Gasteiger partial charge is 0.462 e. The summed E-state index contributed by atoms with van der Waals surface area (Å²) >= 11 is 2.27. The summed E-state index contributed by atoms with van der Waals surface area (Å²) in [5.74, 6) is -4.94. The molecule has 3 aliphatic heterocycles. The Morgan fingerprint density at radius 3 is 1.33 bits per heavy atom. The van der Waals surface area contributed by atoms with Crippen molar-refractivity contribution < 1.29 is 54.8 Å². The number of nitrogens with zero attached hydrogens (tertiary/aromatic N) is 5. The van der Waals surface area contributed by atoms with Gasteiger partial charge >= 0.3 is 0 Å². The Bertz CT molecular complexity index is 2480. The average Bonchev–Trinajstić information content (AvgIpc) is 4.13. The SMILES string of the molecule is CSc1c(F)cc(N)cc1[C@@]1(CF)N=C(N)O[C@@H]2C[C@@H]21.CSc1c(F)cc([N+](=O)[O-])cc1[C@@]1(CF)N=C(N)OC2C[C@@H]21.NC1=N[C@](CF)(c2cc([N+](=O)[O-])cc(F)c2F)[C@H]2CC2O1. The highest BCUT2D eigenvalue weighted by molar-refractivity contribution is 7.98. The van der Waals surface area contributed by atoms with E-state index in [9.17, 15) is 51.0 Å². The fraction of sp³-hybridized carbons (Fsp3) is 0.447. The zero-order chi connectivity index (χ0) is 45.9. The van der Waals surface area contributed by atoms with Gasteiger partial charge in [-0.25, -0.2) is 45.7 Å². The molecule has 0 radical (unpaired) electrons. The van der Waals surface area contributed by atoms with E-state index in [0.717, 1.165) is 23.9 Å². The highest BCUT2D eigenvalue weighted by atomic mass is 32.2. The van der Waals surface area contributed by atoms with Gasteiger partial charge < -0.3 is 37.1 Å². The predicted octanol–water partition coefficient (Wildman–Crippen LogP) is 6.15. The van der Waals surface area contributed by atoms with Crippen LogP contribution in [0.25, 0.3) is 0 Å². The average molecular weight is 930 g/mol. The Morgan fingerprint density at radius 2 is 0.952 bits per heavy atom. The fourth-order valence-corrected chi connectivity index (χ4v) is 9.95. The number of nitro groups is 2. The number of hydrogen-bond donors (Lipinski definition) is 4. The van der Waals surface area contributed by atoms with Gasteiger partial charge in [0.15, 0.2) is 11.6 Å². The summed E-state index contributed by atoms with van der Waals surface area (Å²) in [5, 5.41) is 21.8. The van der Waals surface area contributed by atoms with Crippen molar-refractivity contribution in [1.82, 2.24) is 0 Å². The fourth-order valence-electron chi connectivity index (χ4n) is 8.53. The lowest BCUT2D eigenvalue weighted by Gasteiger charge is -2.32. The molecule has 2 unspecified atom stereocenters. The van der Waals surface area contributed by atoms with Gasteiger partial charge in [0.2, 0.25) is 0 Å². The number of nitrogen functional groups attached to an aromatic ring is 1. The van der Waals surface area contributed by atoms with Gasteiger partial charge in [-0.3, -0.25) is 20.2 Å². The molecule has 0 saturated heterocycles. The number of aliphatic imine (C=N–C) groups is 3. The van der Waals surface area contributed by atoms with Crippen molar-refractivity contribution in [3.63, 3.8) is 0 Å². The molecule has 3 aromatic carbocycles. The van der Waals surface area contributed by atoms with Crippen molar-refractivity contribution in [2.24, 2.45) is 49.9 Å². The lowest BCUT2D eigenvalue weighted by Crippen LogP contribution is -2.40. The minimum atomic E-state index is -1.77. The van der Waals surface area contributed by atoms with Gasteiger partial charge in [-0.05, 0) is 43.9 Å². The maximum Gasteiger partial charge on any atom is 0.283 e. The Morgan fingerprint density at radius 1 is 0.603 bits per heavy atom. The predicted molar refractivity (Wildman–Crippen MR) is 217 cm³/mol. The van der Waals surface area contributed by atoms with Crippen LogP contribution >= 0.6 is 23.5 Å². The normalized spacial score (nSPS) is 30.2. The second kappa shape index (κ2) is 16.8. The maximum atomic E-state index is 14.2. The number of non-ortho nitro benzene ring substituents is 2. The topological polar surface area (TPSA) is 255 Å². The van der Waals surface area contributed by atoms with Gasteiger partial charge in [-0.15, -0.1) is 23.5 Å². The van der Waals surface area contributed by atoms with Crippen LogP contribution in [0.2, 0.25) is 0 Å². The number of benzene rings is 3. The third-order valence-corrected chi connectivity index (χ3v) is 13.4. The van der Waals surface area contributed by atoms with Crippen LogP contribution in [0.5, 0.6) is 0 Å². The van der Waals surface area contributed by atoms with E-state index < -0.39 is 98.7 Å². The first kappa shape index (κ1) is 45.3. The molecule has 0 bridgehead atoms. The molecule has 3 heterocycles. The summed E-state index contributed by atoms with van der Waals surface area (Å²) < 4.78 is 113. The molecule has 0 aromatic heterocycles. The zero-order valence-corrected chi connectivity index (χ0v) is 34.7. The van der Waals surface area contributed by atoms with Crippen molar-refractivity contribution in [3.05, 3.63) is 96.6 Å². The number of amidine groups is 3. The van der Waals surface area contributed by atoms with Crippen LogP contribution < -0.4 is 22.9 Å². The Hall–Kier alpha value is -5.72. The number of rotatable bonds is 10. The van der Waals surface area contributed by atoms with Gasteiger partial charge in [0.25, 0.3) is 29.4 Å². The minimum Gasteiger partial charge on any atom is -0.462 e. The van der Waals surface area contributed by atoms with Gasteiger partial charge in [0.05, 0.1) is 22.0 Å². The second-order valence-corrected chi connectivity index (χ2v) is 17.0. The van der Waals surface area contributed by atoms with E-state index in [1.807, 2.05) is 0 Å². The lowest BCUT2D eigenvalue weighted by molar-refractivity contribution is -0.385. The molecule has 16 nitrogen and oxygen atoms in total. The van der Waals surface area contributed by atoms with Crippen molar-refractivity contribution >= 4 is 58.7 Å². The quantitative estimate of drug-likeness (QED) is 0.0586. The van der Waals surface area contributed by atoms with Crippen molar-refractivity contribution in [3.8, 4) is 0 Å². The Labute approximate surface area is 361 Å². The van der Waals surface area contributed by atoms with Crippen LogP contribution in [-0.2, 0) is 30.8 Å². The number of alkyl halides is 3. The number of halogens is 7. The van der Waals surface area contributed by atoms with Crippen molar-refractivity contribution in [2.45, 2.75) is 64.0 Å². The molecule has 9 rings (SSSR count). The van der Waals surface area contributed by atoms with Gasteiger partial charge in [0, 0.05) is 62.1 Å². The molecule has 6 aliphatic rings. The number of hydrogen-bond acceptors (Lipinski definition) is 16. The van der Waals surface area contributed by atoms with Crippen LogP contribution in [0.15, 0.2) is 61.2 Å². The molecule has 338 valence electrons.